The standard InChI is InChI=1S/C18H26N2/c1-16(2,3)20-10-12-14-13(20)8-9-19-15(14)18(6,7)11-17(12,4)5/h8-10H,11H2,1-7H3. The third kappa shape index (κ3) is 1.73. The zero-order valence-corrected chi connectivity index (χ0v) is 13.8. The van der Waals surface area contributed by atoms with Gasteiger partial charge >= 0.3 is 0 Å². The SMILES string of the molecule is CC1(C)CC(C)(C)c2nccc3c2c1cn3C(C)(C)C. The number of rotatable bonds is 0. The van der Waals surface area contributed by atoms with Crippen molar-refractivity contribution in [2.24, 2.45) is 0 Å². The number of aromatic nitrogens is 2. The van der Waals surface area contributed by atoms with Crippen LogP contribution in [0.15, 0.2) is 18.5 Å². The van der Waals surface area contributed by atoms with E-state index >= 15 is 0 Å². The molecular formula is C18H26N2. The Morgan fingerprint density at radius 1 is 1.10 bits per heavy atom. The second-order valence-electron chi connectivity index (χ2n) is 8.58. The van der Waals surface area contributed by atoms with Gasteiger partial charge < -0.3 is 4.57 Å². The summed E-state index contributed by atoms with van der Waals surface area (Å²) in [6, 6.07) is 2.17. The lowest BCUT2D eigenvalue weighted by Gasteiger charge is -2.39. The van der Waals surface area contributed by atoms with Crippen LogP contribution in [0.25, 0.3) is 10.9 Å². The number of pyridine rings is 1. The van der Waals surface area contributed by atoms with Crippen molar-refractivity contribution in [2.45, 2.75) is 71.3 Å². The molecule has 0 saturated heterocycles. The van der Waals surface area contributed by atoms with E-state index in [1.54, 1.807) is 0 Å². The Morgan fingerprint density at radius 3 is 2.35 bits per heavy atom. The predicted octanol–water partition coefficient (Wildman–Crippen LogP) is 4.75. The molecule has 0 radical (unpaired) electrons. The molecule has 0 spiro atoms. The van der Waals surface area contributed by atoms with Crippen LogP contribution in [0, 0.1) is 0 Å². The maximum atomic E-state index is 4.74. The van der Waals surface area contributed by atoms with Gasteiger partial charge in [-0.1, -0.05) is 27.7 Å². The minimum atomic E-state index is 0.0969. The quantitative estimate of drug-likeness (QED) is 0.675. The third-order valence-electron chi connectivity index (χ3n) is 4.69. The summed E-state index contributed by atoms with van der Waals surface area (Å²) in [7, 11) is 0. The monoisotopic (exact) mass is 270 g/mol. The molecule has 0 atom stereocenters. The van der Waals surface area contributed by atoms with E-state index in [9.17, 15) is 0 Å². The maximum Gasteiger partial charge on any atom is 0.0556 e. The van der Waals surface area contributed by atoms with Crippen molar-refractivity contribution >= 4 is 10.9 Å². The largest absolute Gasteiger partial charge is 0.342 e. The average Bonchev–Trinajstić information content (AvgIpc) is 2.65. The first-order valence-corrected chi connectivity index (χ1v) is 7.56. The summed E-state index contributed by atoms with van der Waals surface area (Å²) >= 11 is 0. The molecule has 0 N–H and O–H groups in total. The van der Waals surface area contributed by atoms with Crippen LogP contribution in [-0.2, 0) is 16.4 Å². The topological polar surface area (TPSA) is 17.8 Å². The molecule has 2 aromatic heterocycles. The summed E-state index contributed by atoms with van der Waals surface area (Å²) in [4.78, 5) is 4.74. The lowest BCUT2D eigenvalue weighted by atomic mass is 9.65. The van der Waals surface area contributed by atoms with Gasteiger partial charge in [-0.2, -0.15) is 0 Å². The van der Waals surface area contributed by atoms with E-state index in [-0.39, 0.29) is 16.4 Å². The summed E-state index contributed by atoms with van der Waals surface area (Å²) in [5, 5.41) is 1.39. The molecule has 2 heteroatoms. The molecule has 0 fully saturated rings. The van der Waals surface area contributed by atoms with E-state index in [1.165, 1.54) is 22.2 Å². The van der Waals surface area contributed by atoms with E-state index in [1.807, 2.05) is 6.20 Å². The maximum absolute atomic E-state index is 4.74. The van der Waals surface area contributed by atoms with Crippen LogP contribution >= 0.6 is 0 Å². The number of hydrogen-bond donors (Lipinski definition) is 0. The highest BCUT2D eigenvalue weighted by atomic mass is 15.0. The van der Waals surface area contributed by atoms with Crippen LogP contribution < -0.4 is 0 Å². The number of nitrogens with zero attached hydrogens (tertiary/aromatic N) is 2. The van der Waals surface area contributed by atoms with E-state index in [0.29, 0.717) is 0 Å². The summed E-state index contributed by atoms with van der Waals surface area (Å²) < 4.78 is 2.42. The van der Waals surface area contributed by atoms with Gasteiger partial charge in [0, 0.05) is 28.7 Å². The van der Waals surface area contributed by atoms with E-state index in [4.69, 9.17) is 4.98 Å². The van der Waals surface area contributed by atoms with Gasteiger partial charge in [-0.3, -0.25) is 4.98 Å². The first-order chi connectivity index (χ1) is 9.04. The second-order valence-corrected chi connectivity index (χ2v) is 8.58. The van der Waals surface area contributed by atoms with Crippen molar-refractivity contribution in [3.05, 3.63) is 29.7 Å². The first-order valence-electron chi connectivity index (χ1n) is 7.56. The van der Waals surface area contributed by atoms with Crippen molar-refractivity contribution in [3.63, 3.8) is 0 Å². The molecule has 20 heavy (non-hydrogen) atoms. The Balaban J connectivity index is 2.47. The fraction of sp³-hybridized carbons (Fsp3) is 0.611. The highest BCUT2D eigenvalue weighted by Gasteiger charge is 2.41. The minimum absolute atomic E-state index is 0.0969. The molecule has 0 aliphatic heterocycles. The Morgan fingerprint density at radius 2 is 1.75 bits per heavy atom. The summed E-state index contributed by atoms with van der Waals surface area (Å²) in [5.74, 6) is 0. The number of hydrogen-bond acceptors (Lipinski definition) is 1. The van der Waals surface area contributed by atoms with Crippen LogP contribution in [-0.4, -0.2) is 9.55 Å². The summed E-state index contributed by atoms with van der Waals surface area (Å²) in [6.07, 6.45) is 5.49. The van der Waals surface area contributed by atoms with Crippen molar-refractivity contribution < 1.29 is 0 Å². The Kier molecular flexibility index (Phi) is 2.50. The van der Waals surface area contributed by atoms with Crippen LogP contribution in [0.3, 0.4) is 0 Å². The highest BCUT2D eigenvalue weighted by Crippen LogP contribution is 2.49. The Labute approximate surface area is 122 Å². The molecule has 2 nitrogen and oxygen atoms in total. The highest BCUT2D eigenvalue weighted by molar-refractivity contribution is 5.89. The van der Waals surface area contributed by atoms with Crippen LogP contribution in [0.1, 0.15) is 66.1 Å². The average molecular weight is 270 g/mol. The molecular weight excluding hydrogens is 244 g/mol. The molecule has 0 saturated carbocycles. The Hall–Kier alpha value is -1.31. The van der Waals surface area contributed by atoms with Gasteiger partial charge in [0.2, 0.25) is 0 Å². The van der Waals surface area contributed by atoms with E-state index in [2.05, 4.69) is 65.3 Å². The molecule has 0 bridgehead atoms. The van der Waals surface area contributed by atoms with Crippen LogP contribution in [0.4, 0.5) is 0 Å². The van der Waals surface area contributed by atoms with Gasteiger partial charge in [0.15, 0.2) is 0 Å². The smallest absolute Gasteiger partial charge is 0.0556 e. The lowest BCUT2D eigenvalue weighted by Crippen LogP contribution is -2.34. The van der Waals surface area contributed by atoms with Crippen LogP contribution in [0.2, 0.25) is 0 Å². The summed E-state index contributed by atoms with van der Waals surface area (Å²) in [5.41, 5.74) is 4.50. The molecule has 1 aliphatic carbocycles. The third-order valence-corrected chi connectivity index (χ3v) is 4.69. The van der Waals surface area contributed by atoms with Crippen molar-refractivity contribution in [2.75, 3.05) is 0 Å². The molecule has 1 aliphatic rings. The predicted molar refractivity (Wildman–Crippen MR) is 85.4 cm³/mol. The van der Waals surface area contributed by atoms with Gasteiger partial charge in [-0.25, -0.2) is 0 Å². The second kappa shape index (κ2) is 3.66. The molecule has 2 heterocycles. The lowest BCUT2D eigenvalue weighted by molar-refractivity contribution is 0.333. The minimum Gasteiger partial charge on any atom is -0.342 e. The molecule has 0 aromatic carbocycles. The first kappa shape index (κ1) is 13.7. The zero-order valence-electron chi connectivity index (χ0n) is 13.8. The fourth-order valence-corrected chi connectivity index (χ4v) is 4.05. The van der Waals surface area contributed by atoms with Gasteiger partial charge in [0.25, 0.3) is 0 Å². The zero-order chi connectivity index (χ0) is 14.9. The molecule has 2 aromatic rings. The van der Waals surface area contributed by atoms with E-state index < -0.39 is 0 Å². The molecule has 3 rings (SSSR count). The van der Waals surface area contributed by atoms with Gasteiger partial charge in [-0.05, 0) is 44.2 Å². The van der Waals surface area contributed by atoms with Crippen molar-refractivity contribution in [1.29, 1.82) is 0 Å². The van der Waals surface area contributed by atoms with Gasteiger partial charge in [-0.15, -0.1) is 0 Å². The summed E-state index contributed by atoms with van der Waals surface area (Å²) in [6.45, 7) is 16.2. The van der Waals surface area contributed by atoms with Gasteiger partial charge in [0.1, 0.15) is 0 Å². The molecule has 0 unspecified atom stereocenters. The Bertz CT molecular complexity index is 681. The van der Waals surface area contributed by atoms with E-state index in [0.717, 1.165) is 6.42 Å². The molecule has 0 amide bonds. The molecule has 108 valence electrons. The van der Waals surface area contributed by atoms with Crippen molar-refractivity contribution in [3.8, 4) is 0 Å². The normalized spacial score (nSPS) is 20.4. The fourth-order valence-electron chi connectivity index (χ4n) is 4.05. The van der Waals surface area contributed by atoms with Crippen molar-refractivity contribution in [1.82, 2.24) is 9.55 Å². The van der Waals surface area contributed by atoms with Gasteiger partial charge in [0.05, 0.1) is 11.2 Å². The van der Waals surface area contributed by atoms with Crippen LogP contribution in [0.5, 0.6) is 0 Å².